The molecule has 0 radical (unpaired) electrons. The normalized spacial score (nSPS) is 13.1. The molecule has 0 aromatic rings. The molecule has 0 saturated heterocycles. The van der Waals surface area contributed by atoms with Gasteiger partial charge in [0.25, 0.3) is 0 Å². The third kappa shape index (κ3) is 13.0. The van der Waals surface area contributed by atoms with Crippen molar-refractivity contribution in [2.24, 2.45) is 0 Å². The molecule has 0 fully saturated rings. The second-order valence-electron chi connectivity index (χ2n) is 5.36. The smallest absolute Gasteiger partial charge is 0.544 e. The van der Waals surface area contributed by atoms with E-state index in [1.807, 2.05) is 19.1 Å². The first-order chi connectivity index (χ1) is 10.8. The van der Waals surface area contributed by atoms with Gasteiger partial charge in [0.2, 0.25) is 5.91 Å². The number of hydrogen-bond acceptors (Lipinski definition) is 5. The third-order valence-electron chi connectivity index (χ3n) is 3.36. The Balaban J connectivity index is 0. The van der Waals surface area contributed by atoms with Gasteiger partial charge in [0.05, 0.1) is 25.7 Å². The Hall–Kier alpha value is -0.294. The Morgan fingerprint density at radius 2 is 1.83 bits per heavy atom. The monoisotopic (exact) mass is 369 g/mol. The predicted octanol–water partition coefficient (Wildman–Crippen LogP) is -4.50. The molecule has 9 heteroatoms. The molecule has 1 unspecified atom stereocenters. The molecule has 24 heavy (non-hydrogen) atoms. The van der Waals surface area contributed by atoms with Crippen LogP contribution < -0.4 is 61.8 Å². The molecule has 0 saturated carbocycles. The zero-order valence-electron chi connectivity index (χ0n) is 14.5. The van der Waals surface area contributed by atoms with E-state index in [-0.39, 0.29) is 88.0 Å². The minimum Gasteiger partial charge on any atom is -0.544 e. The van der Waals surface area contributed by atoms with Crippen LogP contribution in [-0.2, 0) is 14.4 Å². The van der Waals surface area contributed by atoms with E-state index in [0.29, 0.717) is 12.8 Å². The van der Waals surface area contributed by atoms with Gasteiger partial charge in [-0.05, 0) is 12.8 Å². The van der Waals surface area contributed by atoms with E-state index in [0.717, 1.165) is 6.42 Å². The molecule has 0 aliphatic heterocycles. The van der Waals surface area contributed by atoms with Crippen LogP contribution in [0.15, 0.2) is 12.2 Å². The molecule has 0 aromatic carbocycles. The van der Waals surface area contributed by atoms with Crippen LogP contribution in [0.4, 0.5) is 0 Å². The second-order valence-corrected chi connectivity index (χ2v) is 5.36. The number of quaternary nitrogens is 1. The zero-order chi connectivity index (χ0) is 17.7. The van der Waals surface area contributed by atoms with Crippen LogP contribution in [0.3, 0.4) is 0 Å². The number of aliphatic hydroxyl groups is 1. The number of carboxylic acid groups (broad SMARTS) is 2. The molecular formula is C15H26KN2O6+. The van der Waals surface area contributed by atoms with Crippen molar-refractivity contribution in [1.29, 1.82) is 0 Å². The van der Waals surface area contributed by atoms with Gasteiger partial charge in [-0.2, -0.15) is 0 Å². The van der Waals surface area contributed by atoms with E-state index >= 15 is 0 Å². The van der Waals surface area contributed by atoms with Gasteiger partial charge < -0.3 is 29.9 Å². The predicted molar refractivity (Wildman–Crippen MR) is 81.1 cm³/mol. The summed E-state index contributed by atoms with van der Waals surface area (Å²) in [5, 5.41) is 31.6. The van der Waals surface area contributed by atoms with E-state index in [1.54, 1.807) is 0 Å². The van der Waals surface area contributed by atoms with Crippen molar-refractivity contribution in [3.63, 3.8) is 0 Å². The Kier molecular flexibility index (Phi) is 16.2. The van der Waals surface area contributed by atoms with Crippen molar-refractivity contribution in [2.75, 3.05) is 39.3 Å². The minimum atomic E-state index is -1.39. The van der Waals surface area contributed by atoms with Crippen molar-refractivity contribution in [2.45, 2.75) is 26.2 Å². The number of amides is 1. The van der Waals surface area contributed by atoms with E-state index in [9.17, 15) is 19.5 Å². The SMILES string of the molecule is CC/C=C/CCC(=O)NCC[N+](CCO)(CC(=O)[O-])CC(=O)O.[K+]. The van der Waals surface area contributed by atoms with Crippen LogP contribution >= 0.6 is 0 Å². The molecule has 8 nitrogen and oxygen atoms in total. The number of rotatable bonds is 13. The third-order valence-corrected chi connectivity index (χ3v) is 3.36. The van der Waals surface area contributed by atoms with Gasteiger partial charge in [-0.25, -0.2) is 4.79 Å². The van der Waals surface area contributed by atoms with Crippen molar-refractivity contribution in [3.8, 4) is 0 Å². The standard InChI is InChI=1S/C15H26N2O6.K/c1-2-3-4-5-6-13(19)16-7-8-17(9-10-18,11-14(20)21)12-15(22)23;/h3-4,18H,2,5-12H2,1H3,(H2-,16,19,20,21,22,23);/q;+1/b4-3+;. The molecule has 0 aromatic heterocycles. The number of carbonyl (C=O) groups excluding carboxylic acids is 2. The van der Waals surface area contributed by atoms with Crippen LogP contribution in [0.1, 0.15) is 26.2 Å². The largest absolute Gasteiger partial charge is 1.00 e. The Morgan fingerprint density at radius 1 is 1.17 bits per heavy atom. The Labute approximate surface area is 184 Å². The number of carboxylic acids is 2. The Bertz CT molecular complexity index is 412. The Morgan fingerprint density at radius 3 is 2.33 bits per heavy atom. The average molecular weight is 369 g/mol. The topological polar surface area (TPSA) is 127 Å². The molecule has 0 aliphatic carbocycles. The summed E-state index contributed by atoms with van der Waals surface area (Å²) >= 11 is 0. The number of hydrogen-bond donors (Lipinski definition) is 3. The van der Waals surface area contributed by atoms with Crippen molar-refractivity contribution < 1.29 is 85.6 Å². The van der Waals surface area contributed by atoms with Crippen molar-refractivity contribution in [3.05, 3.63) is 12.2 Å². The number of nitrogens with one attached hydrogen (secondary N) is 1. The molecule has 1 atom stereocenters. The first-order valence-corrected chi connectivity index (χ1v) is 7.64. The summed E-state index contributed by atoms with van der Waals surface area (Å²) in [6.07, 6.45) is 5.71. The summed E-state index contributed by atoms with van der Waals surface area (Å²) in [7, 11) is 0. The zero-order valence-corrected chi connectivity index (χ0v) is 17.6. The van der Waals surface area contributed by atoms with Crippen molar-refractivity contribution in [1.82, 2.24) is 5.32 Å². The van der Waals surface area contributed by atoms with Crippen LogP contribution in [0.25, 0.3) is 0 Å². The summed E-state index contributed by atoms with van der Waals surface area (Å²) in [5.74, 6) is -2.75. The van der Waals surface area contributed by atoms with E-state index in [4.69, 9.17) is 10.2 Å². The van der Waals surface area contributed by atoms with Gasteiger partial charge in [-0.3, -0.25) is 4.79 Å². The van der Waals surface area contributed by atoms with E-state index in [1.165, 1.54) is 0 Å². The van der Waals surface area contributed by atoms with Crippen LogP contribution in [0.2, 0.25) is 0 Å². The first kappa shape index (κ1) is 25.9. The van der Waals surface area contributed by atoms with Gasteiger partial charge in [0.1, 0.15) is 13.1 Å². The second kappa shape index (κ2) is 15.0. The average Bonchev–Trinajstić information content (AvgIpc) is 2.42. The number of aliphatic carboxylic acids is 2. The first-order valence-electron chi connectivity index (χ1n) is 7.64. The van der Waals surface area contributed by atoms with Gasteiger partial charge in [0, 0.05) is 6.42 Å². The molecule has 0 aliphatic rings. The summed E-state index contributed by atoms with van der Waals surface area (Å²) < 4.78 is -0.371. The van der Waals surface area contributed by atoms with E-state index < -0.39 is 25.0 Å². The van der Waals surface area contributed by atoms with Crippen LogP contribution in [-0.4, -0.2) is 71.9 Å². The van der Waals surface area contributed by atoms with E-state index in [2.05, 4.69) is 5.32 Å². The van der Waals surface area contributed by atoms with Gasteiger partial charge in [-0.1, -0.05) is 19.1 Å². The van der Waals surface area contributed by atoms with Gasteiger partial charge in [0.15, 0.2) is 6.54 Å². The number of allylic oxidation sites excluding steroid dienone is 2. The molecule has 1 amide bonds. The maximum absolute atomic E-state index is 11.6. The number of nitrogens with zero attached hydrogens (tertiary/aromatic N) is 1. The summed E-state index contributed by atoms with van der Waals surface area (Å²) in [6.45, 7) is 0.862. The molecule has 0 heterocycles. The summed E-state index contributed by atoms with van der Waals surface area (Å²) in [6, 6.07) is 0. The molecule has 0 bridgehead atoms. The van der Waals surface area contributed by atoms with Gasteiger partial charge in [-0.15, -0.1) is 0 Å². The number of carbonyl (C=O) groups is 3. The maximum Gasteiger partial charge on any atom is 1.00 e. The van der Waals surface area contributed by atoms with Crippen LogP contribution in [0.5, 0.6) is 0 Å². The summed E-state index contributed by atoms with van der Waals surface area (Å²) in [5.41, 5.74) is 0. The quantitative estimate of drug-likeness (QED) is 0.171. The fourth-order valence-corrected chi connectivity index (χ4v) is 2.28. The van der Waals surface area contributed by atoms with Crippen molar-refractivity contribution >= 4 is 17.8 Å². The van der Waals surface area contributed by atoms with Gasteiger partial charge >= 0.3 is 57.4 Å². The summed E-state index contributed by atoms with van der Waals surface area (Å²) in [4.78, 5) is 33.5. The molecule has 3 N–H and O–H groups in total. The maximum atomic E-state index is 11.6. The fraction of sp³-hybridized carbons (Fsp3) is 0.667. The molecular weight excluding hydrogens is 343 g/mol. The van der Waals surface area contributed by atoms with Crippen LogP contribution in [0, 0.1) is 0 Å². The molecule has 0 spiro atoms. The minimum absolute atomic E-state index is 0. The fourth-order valence-electron chi connectivity index (χ4n) is 2.28. The number of aliphatic hydroxyl groups excluding tert-OH is 1. The molecule has 132 valence electrons. The molecule has 0 rings (SSSR count).